The lowest BCUT2D eigenvalue weighted by Crippen LogP contribution is -2.42. The molecule has 2 fully saturated rings. The molecule has 6 heteroatoms. The van der Waals surface area contributed by atoms with Crippen LogP contribution in [0.2, 0.25) is 0 Å². The summed E-state index contributed by atoms with van der Waals surface area (Å²) >= 11 is 0. The first kappa shape index (κ1) is 15.9. The molecular weight excluding hydrogens is 318 g/mol. The van der Waals surface area contributed by atoms with E-state index in [0.29, 0.717) is 22.4 Å². The van der Waals surface area contributed by atoms with Crippen molar-refractivity contribution in [2.75, 3.05) is 20.1 Å². The summed E-state index contributed by atoms with van der Waals surface area (Å²) < 4.78 is 0. The van der Waals surface area contributed by atoms with Crippen molar-refractivity contribution in [2.45, 2.75) is 31.6 Å². The van der Waals surface area contributed by atoms with Crippen molar-refractivity contribution in [1.29, 1.82) is 0 Å². The second-order valence-corrected chi connectivity index (χ2v) is 6.86. The number of H-pyrrole nitrogens is 1. The van der Waals surface area contributed by atoms with Crippen LogP contribution in [0.15, 0.2) is 23.0 Å². The highest BCUT2D eigenvalue weighted by atomic mass is 16.2. The number of benzene rings is 1. The van der Waals surface area contributed by atoms with Gasteiger partial charge in [-0.2, -0.15) is 0 Å². The van der Waals surface area contributed by atoms with Crippen LogP contribution in [0.3, 0.4) is 0 Å². The lowest BCUT2D eigenvalue weighted by molar-refractivity contribution is 0.0651. The number of carbonyl (C=O) groups is 2. The van der Waals surface area contributed by atoms with E-state index in [0.717, 1.165) is 37.9 Å². The van der Waals surface area contributed by atoms with Gasteiger partial charge in [0.05, 0.1) is 11.1 Å². The Bertz CT molecular complexity index is 923. The fourth-order valence-corrected chi connectivity index (χ4v) is 3.56. The molecule has 2 heterocycles. The third-order valence-corrected chi connectivity index (χ3v) is 5.43. The number of pyridine rings is 1. The van der Waals surface area contributed by atoms with Gasteiger partial charge >= 0.3 is 0 Å². The number of hydrogen-bond acceptors (Lipinski definition) is 3. The third kappa shape index (κ3) is 2.52. The van der Waals surface area contributed by atoms with Crippen LogP contribution in [-0.2, 0) is 0 Å². The number of aromatic nitrogens is 1. The maximum atomic E-state index is 13.0. The van der Waals surface area contributed by atoms with Gasteiger partial charge in [0.25, 0.3) is 17.4 Å². The summed E-state index contributed by atoms with van der Waals surface area (Å²) in [5.41, 5.74) is 1.80. The molecule has 0 bridgehead atoms. The van der Waals surface area contributed by atoms with Gasteiger partial charge in [0.2, 0.25) is 0 Å². The van der Waals surface area contributed by atoms with E-state index >= 15 is 0 Å². The van der Waals surface area contributed by atoms with Gasteiger partial charge in [-0.15, -0.1) is 0 Å². The van der Waals surface area contributed by atoms with E-state index < -0.39 is 11.5 Å². The van der Waals surface area contributed by atoms with E-state index in [1.165, 1.54) is 13.5 Å². The Morgan fingerprint density at radius 2 is 1.96 bits per heavy atom. The van der Waals surface area contributed by atoms with Crippen LogP contribution in [0, 0.1) is 0 Å². The predicted molar refractivity (Wildman–Crippen MR) is 95.1 cm³/mol. The molecule has 0 atom stereocenters. The van der Waals surface area contributed by atoms with E-state index in [1.807, 2.05) is 17.0 Å². The number of hydrogen-bond donors (Lipinski definition) is 2. The summed E-state index contributed by atoms with van der Waals surface area (Å²) in [6.45, 7) is 1.53. The first-order valence-electron chi connectivity index (χ1n) is 8.81. The Morgan fingerprint density at radius 1 is 1.20 bits per heavy atom. The number of rotatable bonds is 3. The first-order chi connectivity index (χ1) is 12.1. The molecule has 1 aromatic heterocycles. The number of carbonyl (C=O) groups excluding carboxylic acids is 2. The summed E-state index contributed by atoms with van der Waals surface area (Å²) in [5.74, 6) is -0.0596. The molecule has 0 spiro atoms. The van der Waals surface area contributed by atoms with Crippen LogP contribution in [0.4, 0.5) is 0 Å². The van der Waals surface area contributed by atoms with Crippen LogP contribution in [0.5, 0.6) is 0 Å². The van der Waals surface area contributed by atoms with Gasteiger partial charge in [-0.3, -0.25) is 14.4 Å². The number of nitrogens with zero attached hydrogens (tertiary/aromatic N) is 1. The quantitative estimate of drug-likeness (QED) is 0.897. The van der Waals surface area contributed by atoms with Crippen LogP contribution in [0.1, 0.15) is 57.9 Å². The molecular formula is C19H21N3O3. The van der Waals surface area contributed by atoms with Crippen LogP contribution < -0.4 is 10.9 Å². The monoisotopic (exact) mass is 339 g/mol. The van der Waals surface area contributed by atoms with Gasteiger partial charge in [-0.05, 0) is 42.2 Å². The Morgan fingerprint density at radius 3 is 2.52 bits per heavy atom. The minimum atomic E-state index is -0.463. The molecule has 6 nitrogen and oxygen atoms in total. The van der Waals surface area contributed by atoms with Crippen molar-refractivity contribution in [1.82, 2.24) is 15.2 Å². The zero-order valence-electron chi connectivity index (χ0n) is 14.2. The number of fused-ring (bicyclic) bond motifs is 1. The fraction of sp³-hybridized carbons (Fsp3) is 0.421. The molecule has 1 aliphatic heterocycles. The van der Waals surface area contributed by atoms with Crippen molar-refractivity contribution in [3.63, 3.8) is 0 Å². The van der Waals surface area contributed by atoms with Crippen molar-refractivity contribution >= 4 is 22.7 Å². The number of amides is 2. The molecule has 2 aromatic rings. The third-order valence-electron chi connectivity index (χ3n) is 5.43. The molecule has 0 unspecified atom stereocenters. The molecule has 1 saturated heterocycles. The lowest BCUT2D eigenvalue weighted by Gasteiger charge is -2.34. The van der Waals surface area contributed by atoms with Gasteiger partial charge in [0.1, 0.15) is 5.56 Å². The molecule has 25 heavy (non-hydrogen) atoms. The summed E-state index contributed by atoms with van der Waals surface area (Å²) in [7, 11) is 1.49. The Kier molecular flexibility index (Phi) is 3.82. The first-order valence-corrected chi connectivity index (χ1v) is 8.81. The second-order valence-electron chi connectivity index (χ2n) is 6.86. The van der Waals surface area contributed by atoms with E-state index in [1.54, 1.807) is 6.07 Å². The average Bonchev–Trinajstić information content (AvgIpc) is 2.50. The van der Waals surface area contributed by atoms with Crippen LogP contribution >= 0.6 is 0 Å². The van der Waals surface area contributed by atoms with Crippen molar-refractivity contribution < 1.29 is 9.59 Å². The van der Waals surface area contributed by atoms with E-state index in [2.05, 4.69) is 10.3 Å². The fourth-order valence-electron chi connectivity index (χ4n) is 3.56. The molecule has 2 N–H and O–H groups in total. The smallest absolute Gasteiger partial charge is 0.261 e. The molecule has 2 amide bonds. The number of aromatic amines is 1. The van der Waals surface area contributed by atoms with Crippen LogP contribution in [0.25, 0.3) is 10.9 Å². The summed E-state index contributed by atoms with van der Waals surface area (Å²) in [6, 6.07) is 5.47. The summed E-state index contributed by atoms with van der Waals surface area (Å²) in [5, 5.41) is 3.19. The van der Waals surface area contributed by atoms with Gasteiger partial charge < -0.3 is 15.2 Å². The predicted octanol–water partition coefficient (Wildman–Crippen LogP) is 2.00. The zero-order valence-corrected chi connectivity index (χ0v) is 14.2. The van der Waals surface area contributed by atoms with Crippen LogP contribution in [-0.4, -0.2) is 41.8 Å². The zero-order chi connectivity index (χ0) is 17.6. The molecule has 2 aliphatic rings. The van der Waals surface area contributed by atoms with E-state index in [9.17, 15) is 14.4 Å². The molecule has 0 radical (unpaired) electrons. The normalized spacial score (nSPS) is 17.1. The summed E-state index contributed by atoms with van der Waals surface area (Å²) in [6.07, 6.45) is 4.34. The minimum Gasteiger partial charge on any atom is -0.355 e. The van der Waals surface area contributed by atoms with E-state index in [4.69, 9.17) is 0 Å². The molecule has 130 valence electrons. The topological polar surface area (TPSA) is 82.3 Å². The highest BCUT2D eigenvalue weighted by molar-refractivity contribution is 6.08. The molecule has 4 rings (SSSR count). The molecule has 1 saturated carbocycles. The van der Waals surface area contributed by atoms with Crippen molar-refractivity contribution in [3.8, 4) is 0 Å². The lowest BCUT2D eigenvalue weighted by atomic mass is 9.77. The Balaban J connectivity index is 1.92. The van der Waals surface area contributed by atoms with Gasteiger partial charge in [-0.1, -0.05) is 18.6 Å². The number of likely N-dealkylation sites (tertiary alicyclic amines) is 1. The van der Waals surface area contributed by atoms with Crippen molar-refractivity contribution in [2.24, 2.45) is 0 Å². The highest BCUT2D eigenvalue weighted by Crippen LogP contribution is 2.40. The maximum Gasteiger partial charge on any atom is 0.261 e. The Labute approximate surface area is 145 Å². The van der Waals surface area contributed by atoms with Gasteiger partial charge in [0, 0.05) is 20.1 Å². The highest BCUT2D eigenvalue weighted by Gasteiger charge is 2.31. The van der Waals surface area contributed by atoms with Crippen molar-refractivity contribution in [3.05, 3.63) is 45.2 Å². The van der Waals surface area contributed by atoms with E-state index in [-0.39, 0.29) is 11.5 Å². The molecule has 1 aliphatic carbocycles. The Hall–Kier alpha value is -2.63. The molecule has 1 aromatic carbocycles. The van der Waals surface area contributed by atoms with Gasteiger partial charge in [0.15, 0.2) is 0 Å². The largest absolute Gasteiger partial charge is 0.355 e. The van der Waals surface area contributed by atoms with Gasteiger partial charge in [-0.25, -0.2) is 0 Å². The standard InChI is InChI=1S/C19H21N3O3/c1-20-17(23)14-10-12-6-7-13(11-4-2-5-11)15(16(12)21-18(14)24)19(25)22-8-3-9-22/h6-7,10-11H,2-5,8-9H2,1H3,(H,20,23)(H,21,24). The number of nitrogens with one attached hydrogen (secondary N) is 2. The minimum absolute atomic E-state index is 0.0120. The SMILES string of the molecule is CNC(=O)c1cc2ccc(C3CCC3)c(C(=O)N3CCC3)c2[nH]c1=O. The summed E-state index contributed by atoms with van der Waals surface area (Å²) in [4.78, 5) is 41.9. The second kappa shape index (κ2) is 6.02. The maximum absolute atomic E-state index is 13.0. The average molecular weight is 339 g/mol.